The van der Waals surface area contributed by atoms with Crippen LogP contribution in [0.4, 0.5) is 5.95 Å². The average Bonchev–Trinajstić information content (AvgIpc) is 2.88. The summed E-state index contributed by atoms with van der Waals surface area (Å²) < 4.78 is 0.929. The van der Waals surface area contributed by atoms with Gasteiger partial charge in [0.25, 0.3) is 0 Å². The van der Waals surface area contributed by atoms with Gasteiger partial charge in [-0.2, -0.15) is 4.98 Å². The highest BCUT2D eigenvalue weighted by atomic mass is 79.9. The Hall–Kier alpha value is -1.47. The van der Waals surface area contributed by atoms with Crippen LogP contribution in [0.2, 0.25) is 0 Å². The molecule has 6 nitrogen and oxygen atoms in total. The van der Waals surface area contributed by atoms with Gasteiger partial charge in [0, 0.05) is 48.1 Å². The zero-order chi connectivity index (χ0) is 13.2. The van der Waals surface area contributed by atoms with Gasteiger partial charge in [-0.3, -0.25) is 10.1 Å². The van der Waals surface area contributed by atoms with Crippen LogP contribution in [0.3, 0.4) is 0 Å². The largest absolute Gasteiger partial charge is 0.337 e. The van der Waals surface area contributed by atoms with E-state index in [0.29, 0.717) is 6.04 Å². The molecular weight excluding hydrogens is 308 g/mol. The molecule has 0 amide bonds. The summed E-state index contributed by atoms with van der Waals surface area (Å²) in [6.07, 6.45) is 3.52. The fourth-order valence-corrected chi connectivity index (χ4v) is 2.54. The molecule has 2 aromatic heterocycles. The maximum absolute atomic E-state index is 4.55. The van der Waals surface area contributed by atoms with Gasteiger partial charge in [0.05, 0.1) is 0 Å². The van der Waals surface area contributed by atoms with E-state index >= 15 is 0 Å². The van der Waals surface area contributed by atoms with Gasteiger partial charge in [0.15, 0.2) is 5.82 Å². The molecule has 100 valence electrons. The first kappa shape index (κ1) is 12.6. The first-order chi connectivity index (χ1) is 9.22. The van der Waals surface area contributed by atoms with Crippen LogP contribution in [0.25, 0.3) is 11.4 Å². The lowest BCUT2D eigenvalue weighted by atomic mass is 10.2. The van der Waals surface area contributed by atoms with Crippen molar-refractivity contribution in [2.45, 2.75) is 13.0 Å². The number of pyridine rings is 1. The summed E-state index contributed by atoms with van der Waals surface area (Å²) in [4.78, 5) is 10.9. The monoisotopic (exact) mass is 322 g/mol. The van der Waals surface area contributed by atoms with Crippen molar-refractivity contribution < 1.29 is 0 Å². The molecule has 2 aromatic rings. The molecule has 3 heterocycles. The molecule has 1 saturated heterocycles. The van der Waals surface area contributed by atoms with Crippen molar-refractivity contribution in [3.05, 3.63) is 22.9 Å². The van der Waals surface area contributed by atoms with E-state index < -0.39 is 0 Å². The number of piperazine rings is 1. The Kier molecular flexibility index (Phi) is 3.48. The SMILES string of the molecule is C[C@H]1CN(c2n[nH]c(-c3cncc(Br)c3)n2)CCN1. The Morgan fingerprint density at radius 2 is 2.32 bits per heavy atom. The quantitative estimate of drug-likeness (QED) is 0.875. The third-order valence-corrected chi connectivity index (χ3v) is 3.54. The Labute approximate surface area is 119 Å². The molecule has 0 saturated carbocycles. The summed E-state index contributed by atoms with van der Waals surface area (Å²) in [6, 6.07) is 2.43. The number of nitrogens with one attached hydrogen (secondary N) is 2. The van der Waals surface area contributed by atoms with E-state index in [1.807, 2.05) is 6.07 Å². The Balaban J connectivity index is 1.83. The highest BCUT2D eigenvalue weighted by Crippen LogP contribution is 2.20. The summed E-state index contributed by atoms with van der Waals surface area (Å²) in [6.45, 7) is 4.98. The summed E-state index contributed by atoms with van der Waals surface area (Å²) >= 11 is 3.41. The predicted octanol–water partition coefficient (Wildman–Crippen LogP) is 1.43. The smallest absolute Gasteiger partial charge is 0.245 e. The van der Waals surface area contributed by atoms with E-state index in [2.05, 4.69) is 53.2 Å². The average molecular weight is 323 g/mol. The van der Waals surface area contributed by atoms with Crippen molar-refractivity contribution in [1.29, 1.82) is 0 Å². The van der Waals surface area contributed by atoms with E-state index in [-0.39, 0.29) is 0 Å². The van der Waals surface area contributed by atoms with Gasteiger partial charge in [-0.05, 0) is 28.9 Å². The zero-order valence-corrected chi connectivity index (χ0v) is 12.2. The van der Waals surface area contributed by atoms with Crippen molar-refractivity contribution in [3.63, 3.8) is 0 Å². The fraction of sp³-hybridized carbons (Fsp3) is 0.417. The van der Waals surface area contributed by atoms with Gasteiger partial charge < -0.3 is 10.2 Å². The van der Waals surface area contributed by atoms with E-state index in [0.717, 1.165) is 41.4 Å². The van der Waals surface area contributed by atoms with Crippen molar-refractivity contribution in [3.8, 4) is 11.4 Å². The maximum Gasteiger partial charge on any atom is 0.245 e. The Morgan fingerprint density at radius 1 is 1.42 bits per heavy atom. The second kappa shape index (κ2) is 5.26. The molecule has 2 N–H and O–H groups in total. The Morgan fingerprint density at radius 3 is 3.11 bits per heavy atom. The number of hydrogen-bond acceptors (Lipinski definition) is 5. The first-order valence-corrected chi connectivity index (χ1v) is 7.03. The van der Waals surface area contributed by atoms with Crippen molar-refractivity contribution in [2.24, 2.45) is 0 Å². The molecule has 0 unspecified atom stereocenters. The van der Waals surface area contributed by atoms with Crippen molar-refractivity contribution in [2.75, 3.05) is 24.5 Å². The van der Waals surface area contributed by atoms with E-state index in [1.54, 1.807) is 12.4 Å². The molecule has 0 spiro atoms. The number of halogens is 1. The van der Waals surface area contributed by atoms with Gasteiger partial charge in [0.1, 0.15) is 0 Å². The number of aromatic amines is 1. The molecule has 0 bridgehead atoms. The third-order valence-electron chi connectivity index (χ3n) is 3.10. The van der Waals surface area contributed by atoms with Crippen LogP contribution in [0.5, 0.6) is 0 Å². The number of nitrogens with zero attached hydrogens (tertiary/aromatic N) is 4. The predicted molar refractivity (Wildman–Crippen MR) is 77.0 cm³/mol. The molecule has 7 heteroatoms. The molecule has 1 fully saturated rings. The summed E-state index contributed by atoms with van der Waals surface area (Å²) in [5.41, 5.74) is 0.927. The first-order valence-electron chi connectivity index (χ1n) is 6.24. The van der Waals surface area contributed by atoms with Gasteiger partial charge in [-0.1, -0.05) is 0 Å². The summed E-state index contributed by atoms with van der Waals surface area (Å²) in [5, 5.41) is 10.7. The zero-order valence-electron chi connectivity index (χ0n) is 10.6. The summed E-state index contributed by atoms with van der Waals surface area (Å²) in [7, 11) is 0. The highest BCUT2D eigenvalue weighted by Gasteiger charge is 2.19. The van der Waals surface area contributed by atoms with E-state index in [9.17, 15) is 0 Å². The third kappa shape index (κ3) is 2.76. The molecule has 19 heavy (non-hydrogen) atoms. The van der Waals surface area contributed by atoms with Crippen LogP contribution in [-0.2, 0) is 0 Å². The summed E-state index contributed by atoms with van der Waals surface area (Å²) in [5.74, 6) is 1.50. The standard InChI is InChI=1S/C12H15BrN6/c1-8-7-19(3-2-15-8)12-16-11(17-18-12)9-4-10(13)6-14-5-9/h4-6,8,15H,2-3,7H2,1H3,(H,16,17,18)/t8-/m0/s1. The van der Waals surface area contributed by atoms with Gasteiger partial charge in [0.2, 0.25) is 5.95 Å². The van der Waals surface area contributed by atoms with Crippen LogP contribution in [0, 0.1) is 0 Å². The van der Waals surface area contributed by atoms with Crippen LogP contribution in [0.1, 0.15) is 6.92 Å². The van der Waals surface area contributed by atoms with Crippen molar-refractivity contribution in [1.82, 2.24) is 25.5 Å². The number of H-pyrrole nitrogens is 1. The minimum absolute atomic E-state index is 0.461. The maximum atomic E-state index is 4.55. The van der Waals surface area contributed by atoms with Crippen LogP contribution in [-0.4, -0.2) is 45.8 Å². The molecule has 1 aliphatic heterocycles. The number of anilines is 1. The van der Waals surface area contributed by atoms with Crippen LogP contribution >= 0.6 is 15.9 Å². The van der Waals surface area contributed by atoms with Gasteiger partial charge in [-0.25, -0.2) is 0 Å². The van der Waals surface area contributed by atoms with Gasteiger partial charge >= 0.3 is 0 Å². The van der Waals surface area contributed by atoms with E-state index in [4.69, 9.17) is 0 Å². The molecule has 0 aromatic carbocycles. The van der Waals surface area contributed by atoms with Crippen molar-refractivity contribution >= 4 is 21.9 Å². The number of aromatic nitrogens is 4. The molecule has 0 radical (unpaired) electrons. The number of hydrogen-bond donors (Lipinski definition) is 2. The molecular formula is C12H15BrN6. The molecule has 3 rings (SSSR count). The topological polar surface area (TPSA) is 69.7 Å². The second-order valence-corrected chi connectivity index (χ2v) is 5.59. The van der Waals surface area contributed by atoms with E-state index in [1.165, 1.54) is 0 Å². The minimum atomic E-state index is 0.461. The lowest BCUT2D eigenvalue weighted by Gasteiger charge is -2.30. The second-order valence-electron chi connectivity index (χ2n) is 4.68. The minimum Gasteiger partial charge on any atom is -0.337 e. The normalized spacial score (nSPS) is 19.7. The van der Waals surface area contributed by atoms with Crippen LogP contribution in [0.15, 0.2) is 22.9 Å². The molecule has 1 atom stereocenters. The molecule has 0 aliphatic carbocycles. The lowest BCUT2D eigenvalue weighted by molar-refractivity contribution is 0.480. The fourth-order valence-electron chi connectivity index (χ4n) is 2.18. The Bertz CT molecular complexity index is 569. The van der Waals surface area contributed by atoms with Crippen LogP contribution < -0.4 is 10.2 Å². The van der Waals surface area contributed by atoms with Gasteiger partial charge in [-0.15, -0.1) is 5.10 Å². The lowest BCUT2D eigenvalue weighted by Crippen LogP contribution is -2.49. The molecule has 1 aliphatic rings. The highest BCUT2D eigenvalue weighted by molar-refractivity contribution is 9.10. The number of rotatable bonds is 2.